The molecule has 1 N–H and O–H groups in total. The zero-order chi connectivity index (χ0) is 11.3. The van der Waals surface area contributed by atoms with Gasteiger partial charge in [-0.05, 0) is 20.8 Å². The highest BCUT2D eigenvalue weighted by Crippen LogP contribution is 2.16. The van der Waals surface area contributed by atoms with Crippen LogP contribution in [0, 0.1) is 6.92 Å². The molecule has 0 radical (unpaired) electrons. The highest BCUT2D eigenvalue weighted by Gasteiger charge is 2.12. The van der Waals surface area contributed by atoms with E-state index in [9.17, 15) is 4.79 Å². The molecule has 15 heavy (non-hydrogen) atoms. The van der Waals surface area contributed by atoms with Crippen LogP contribution in [-0.2, 0) is 9.53 Å². The smallest absolute Gasteiger partial charge is 0.246 e. The van der Waals surface area contributed by atoms with Crippen molar-refractivity contribution < 1.29 is 9.53 Å². The first-order valence-corrected chi connectivity index (χ1v) is 5.80. The topological polar surface area (TPSA) is 51.2 Å². The number of rotatable bonds is 5. The van der Waals surface area contributed by atoms with Crippen LogP contribution in [0.5, 0.6) is 0 Å². The van der Waals surface area contributed by atoms with E-state index in [0.717, 1.165) is 10.7 Å². The minimum Gasteiger partial charge on any atom is -0.372 e. The minimum absolute atomic E-state index is 0.0448. The van der Waals surface area contributed by atoms with Gasteiger partial charge in [-0.15, -0.1) is 11.3 Å². The zero-order valence-corrected chi connectivity index (χ0v) is 10.1. The first-order valence-electron chi connectivity index (χ1n) is 4.92. The summed E-state index contributed by atoms with van der Waals surface area (Å²) in [5.41, 5.74) is 0.987. The second kappa shape index (κ2) is 5.82. The van der Waals surface area contributed by atoms with E-state index in [2.05, 4.69) is 10.3 Å². The van der Waals surface area contributed by atoms with Crippen molar-refractivity contribution in [1.82, 2.24) is 10.3 Å². The summed E-state index contributed by atoms with van der Waals surface area (Å²) in [7, 11) is 0. The molecule has 0 spiro atoms. The van der Waals surface area contributed by atoms with Gasteiger partial charge < -0.3 is 10.1 Å². The maximum absolute atomic E-state index is 11.3. The molecule has 0 fully saturated rings. The lowest BCUT2D eigenvalue weighted by Gasteiger charge is -2.10. The van der Waals surface area contributed by atoms with Gasteiger partial charge in [-0.1, -0.05) is 0 Å². The monoisotopic (exact) mass is 228 g/mol. The first kappa shape index (κ1) is 12.1. The van der Waals surface area contributed by atoms with E-state index in [1.54, 1.807) is 11.3 Å². The number of hydrogen-bond donors (Lipinski definition) is 1. The molecule has 1 atom stereocenters. The molecular weight excluding hydrogens is 212 g/mol. The fourth-order valence-electron chi connectivity index (χ4n) is 1.11. The molecule has 5 heteroatoms. The first-order chi connectivity index (χ1) is 7.13. The van der Waals surface area contributed by atoms with Crippen molar-refractivity contribution in [2.24, 2.45) is 0 Å². The maximum atomic E-state index is 11.3. The Hall–Kier alpha value is -0.940. The lowest BCUT2D eigenvalue weighted by atomic mass is 10.3. The molecule has 4 nitrogen and oxygen atoms in total. The molecule has 1 rings (SSSR count). The molecule has 0 aromatic carbocycles. The number of nitrogens with zero attached hydrogens (tertiary/aromatic N) is 1. The molecule has 0 saturated carbocycles. The Bertz CT molecular complexity index is 325. The third-order valence-electron chi connectivity index (χ3n) is 1.82. The maximum Gasteiger partial charge on any atom is 0.246 e. The highest BCUT2D eigenvalue weighted by molar-refractivity contribution is 7.09. The van der Waals surface area contributed by atoms with Gasteiger partial charge in [0.15, 0.2) is 0 Å². The van der Waals surface area contributed by atoms with Crippen molar-refractivity contribution in [2.45, 2.75) is 26.8 Å². The van der Waals surface area contributed by atoms with Crippen LogP contribution in [0.2, 0.25) is 0 Å². The Labute approximate surface area is 93.7 Å². The van der Waals surface area contributed by atoms with Crippen LogP contribution in [-0.4, -0.2) is 24.1 Å². The van der Waals surface area contributed by atoms with Crippen LogP contribution in [0.25, 0.3) is 0 Å². The van der Waals surface area contributed by atoms with Crippen LogP contribution >= 0.6 is 11.3 Å². The molecule has 0 aliphatic heterocycles. The van der Waals surface area contributed by atoms with Gasteiger partial charge in [0.1, 0.15) is 11.6 Å². The number of thiazole rings is 1. The zero-order valence-electron chi connectivity index (χ0n) is 9.24. The van der Waals surface area contributed by atoms with Gasteiger partial charge in [-0.2, -0.15) is 0 Å². The van der Waals surface area contributed by atoms with Crippen molar-refractivity contribution in [2.75, 3.05) is 13.2 Å². The van der Waals surface area contributed by atoms with E-state index in [0.29, 0.717) is 6.61 Å². The normalized spacial score (nSPS) is 12.5. The summed E-state index contributed by atoms with van der Waals surface area (Å²) in [4.78, 5) is 15.6. The average molecular weight is 228 g/mol. The van der Waals surface area contributed by atoms with Crippen LogP contribution in [0.15, 0.2) is 5.38 Å². The summed E-state index contributed by atoms with van der Waals surface area (Å²) < 4.78 is 5.01. The molecule has 0 saturated heterocycles. The molecule has 0 bridgehead atoms. The Kier molecular flexibility index (Phi) is 4.71. The summed E-state index contributed by atoms with van der Waals surface area (Å²) in [6.07, 6.45) is 0. The number of aromatic nitrogens is 1. The van der Waals surface area contributed by atoms with Crippen LogP contribution in [0.3, 0.4) is 0 Å². The quantitative estimate of drug-likeness (QED) is 0.834. The number of nitrogens with one attached hydrogen (secondary N) is 1. The van der Waals surface area contributed by atoms with Gasteiger partial charge >= 0.3 is 0 Å². The third kappa shape index (κ3) is 3.97. The predicted molar refractivity (Wildman–Crippen MR) is 59.9 cm³/mol. The third-order valence-corrected chi connectivity index (χ3v) is 2.97. The second-order valence-electron chi connectivity index (χ2n) is 3.25. The number of carbonyl (C=O) groups excluding carboxylic acids is 1. The van der Waals surface area contributed by atoms with Gasteiger partial charge in [0.25, 0.3) is 0 Å². The minimum atomic E-state index is -0.0998. The number of hydrogen-bond acceptors (Lipinski definition) is 4. The number of amides is 1. The van der Waals surface area contributed by atoms with Crippen molar-refractivity contribution in [3.05, 3.63) is 16.1 Å². The predicted octanol–water partition coefficient (Wildman–Crippen LogP) is 1.67. The summed E-state index contributed by atoms with van der Waals surface area (Å²) in [5.74, 6) is -0.0998. The fourth-order valence-corrected chi connectivity index (χ4v) is 1.91. The van der Waals surface area contributed by atoms with Gasteiger partial charge in [0.05, 0.1) is 6.04 Å². The molecule has 1 aromatic heterocycles. The summed E-state index contributed by atoms with van der Waals surface area (Å²) >= 11 is 1.56. The summed E-state index contributed by atoms with van der Waals surface area (Å²) in [5, 5.41) is 5.73. The SMILES string of the molecule is CCOCC(=O)NC(C)c1nc(C)cs1. The summed E-state index contributed by atoms with van der Waals surface area (Å²) in [6.45, 7) is 6.39. The van der Waals surface area contributed by atoms with Gasteiger partial charge in [0.2, 0.25) is 5.91 Å². The van der Waals surface area contributed by atoms with Crippen LogP contribution in [0.1, 0.15) is 30.6 Å². The molecular formula is C10H16N2O2S. The Morgan fingerprint density at radius 3 is 3.00 bits per heavy atom. The van der Waals surface area contributed by atoms with E-state index in [1.165, 1.54) is 0 Å². The van der Waals surface area contributed by atoms with Crippen molar-refractivity contribution in [1.29, 1.82) is 0 Å². The van der Waals surface area contributed by atoms with Crippen molar-refractivity contribution in [3.63, 3.8) is 0 Å². The molecule has 84 valence electrons. The lowest BCUT2D eigenvalue weighted by molar-refractivity contribution is -0.126. The van der Waals surface area contributed by atoms with Gasteiger partial charge in [0, 0.05) is 17.7 Å². The Morgan fingerprint density at radius 1 is 1.73 bits per heavy atom. The van der Waals surface area contributed by atoms with Crippen molar-refractivity contribution in [3.8, 4) is 0 Å². The molecule has 1 amide bonds. The van der Waals surface area contributed by atoms with Gasteiger partial charge in [-0.3, -0.25) is 4.79 Å². The van der Waals surface area contributed by atoms with E-state index in [1.807, 2.05) is 26.2 Å². The van der Waals surface area contributed by atoms with Crippen LogP contribution < -0.4 is 5.32 Å². The molecule has 1 heterocycles. The summed E-state index contributed by atoms with van der Waals surface area (Å²) in [6, 6.07) is -0.0448. The number of ether oxygens (including phenoxy) is 1. The number of aryl methyl sites for hydroxylation is 1. The van der Waals surface area contributed by atoms with Crippen molar-refractivity contribution >= 4 is 17.2 Å². The van der Waals surface area contributed by atoms with E-state index in [4.69, 9.17) is 4.74 Å². The van der Waals surface area contributed by atoms with Crippen LogP contribution in [0.4, 0.5) is 0 Å². The number of carbonyl (C=O) groups is 1. The lowest BCUT2D eigenvalue weighted by Crippen LogP contribution is -2.30. The molecule has 1 unspecified atom stereocenters. The molecule has 0 aliphatic carbocycles. The average Bonchev–Trinajstić information content (AvgIpc) is 2.61. The van der Waals surface area contributed by atoms with E-state index in [-0.39, 0.29) is 18.6 Å². The second-order valence-corrected chi connectivity index (χ2v) is 4.14. The van der Waals surface area contributed by atoms with E-state index >= 15 is 0 Å². The highest BCUT2D eigenvalue weighted by atomic mass is 32.1. The Morgan fingerprint density at radius 2 is 2.47 bits per heavy atom. The standard InChI is InChI=1S/C10H16N2O2S/c1-4-14-5-9(13)12-8(3)10-11-7(2)6-15-10/h6,8H,4-5H2,1-3H3,(H,12,13). The van der Waals surface area contributed by atoms with E-state index < -0.39 is 0 Å². The van der Waals surface area contributed by atoms with Gasteiger partial charge in [-0.25, -0.2) is 4.98 Å². The largest absolute Gasteiger partial charge is 0.372 e. The molecule has 1 aromatic rings. The fraction of sp³-hybridized carbons (Fsp3) is 0.600. The molecule has 0 aliphatic rings. The Balaban J connectivity index is 2.41.